The van der Waals surface area contributed by atoms with Crippen LogP contribution in [0.2, 0.25) is 0 Å². The van der Waals surface area contributed by atoms with E-state index in [0.717, 1.165) is 31.5 Å². The van der Waals surface area contributed by atoms with Gasteiger partial charge in [0.05, 0.1) is 6.54 Å². The van der Waals surface area contributed by atoms with Crippen molar-refractivity contribution < 1.29 is 0 Å². The van der Waals surface area contributed by atoms with Crippen LogP contribution in [0.5, 0.6) is 0 Å². The second kappa shape index (κ2) is 10.3. The van der Waals surface area contributed by atoms with E-state index in [1.54, 1.807) is 0 Å². The lowest BCUT2D eigenvalue weighted by Crippen LogP contribution is -2.43. The molecule has 0 aromatic rings. The van der Waals surface area contributed by atoms with Crippen LogP contribution in [0.15, 0.2) is 4.99 Å². The zero-order valence-corrected chi connectivity index (χ0v) is 17.4. The largest absolute Gasteiger partial charge is 0.370 e. The number of nitrogens with zero attached hydrogens (tertiary/aromatic N) is 3. The number of guanidine groups is 1. The van der Waals surface area contributed by atoms with Crippen LogP contribution in [0.1, 0.15) is 44.9 Å². The molecule has 1 unspecified atom stereocenters. The van der Waals surface area contributed by atoms with Gasteiger partial charge in [-0.25, -0.2) is 0 Å². The molecule has 1 aliphatic carbocycles. The molecule has 3 fully saturated rings. The minimum atomic E-state index is 0. The summed E-state index contributed by atoms with van der Waals surface area (Å²) < 4.78 is 0. The minimum Gasteiger partial charge on any atom is -0.370 e. The summed E-state index contributed by atoms with van der Waals surface area (Å²) in [4.78, 5) is 9.71. The molecule has 3 rings (SSSR count). The van der Waals surface area contributed by atoms with E-state index in [4.69, 9.17) is 10.7 Å². The number of hydrogen-bond donors (Lipinski definition) is 1. The van der Waals surface area contributed by atoms with Crippen molar-refractivity contribution in [1.82, 2.24) is 9.80 Å². The fourth-order valence-electron chi connectivity index (χ4n) is 4.13. The molecule has 0 amide bonds. The molecular formula is C17H33IN4S. The maximum Gasteiger partial charge on any atom is 0.191 e. The van der Waals surface area contributed by atoms with E-state index in [1.165, 1.54) is 69.5 Å². The Kier molecular flexibility index (Phi) is 8.82. The Balaban J connectivity index is 0.00000192. The molecule has 0 aromatic heterocycles. The fraction of sp³-hybridized carbons (Fsp3) is 0.941. The molecule has 2 aliphatic heterocycles. The minimum absolute atomic E-state index is 0. The third-order valence-corrected chi connectivity index (χ3v) is 6.46. The molecule has 134 valence electrons. The van der Waals surface area contributed by atoms with Crippen LogP contribution in [0, 0.1) is 5.92 Å². The van der Waals surface area contributed by atoms with E-state index in [9.17, 15) is 0 Å². The smallest absolute Gasteiger partial charge is 0.191 e. The van der Waals surface area contributed by atoms with E-state index >= 15 is 0 Å². The number of likely N-dealkylation sites (tertiary alicyclic amines) is 1. The first-order chi connectivity index (χ1) is 10.8. The molecule has 2 heterocycles. The number of rotatable bonds is 4. The summed E-state index contributed by atoms with van der Waals surface area (Å²) in [5, 5.41) is 0. The summed E-state index contributed by atoms with van der Waals surface area (Å²) >= 11 is 2.02. The third-order valence-electron chi connectivity index (χ3n) is 5.52. The quantitative estimate of drug-likeness (QED) is 0.405. The highest BCUT2D eigenvalue weighted by molar-refractivity contribution is 14.0. The van der Waals surface area contributed by atoms with Gasteiger partial charge in [0.2, 0.25) is 0 Å². The fourth-order valence-corrected chi connectivity index (χ4v) is 5.04. The van der Waals surface area contributed by atoms with Crippen LogP contribution in [0.25, 0.3) is 0 Å². The van der Waals surface area contributed by atoms with Crippen molar-refractivity contribution >= 4 is 41.7 Å². The summed E-state index contributed by atoms with van der Waals surface area (Å²) in [5.41, 5.74) is 6.20. The Bertz CT molecular complexity index is 368. The molecule has 3 aliphatic rings. The van der Waals surface area contributed by atoms with Gasteiger partial charge in [0.25, 0.3) is 0 Å². The Morgan fingerprint density at radius 2 is 1.74 bits per heavy atom. The Morgan fingerprint density at radius 3 is 2.48 bits per heavy atom. The van der Waals surface area contributed by atoms with Crippen LogP contribution in [0.4, 0.5) is 0 Å². The van der Waals surface area contributed by atoms with Gasteiger partial charge in [-0.15, -0.1) is 24.0 Å². The first-order valence-electron chi connectivity index (χ1n) is 9.19. The monoisotopic (exact) mass is 452 g/mol. The van der Waals surface area contributed by atoms with Crippen LogP contribution >= 0.6 is 35.7 Å². The zero-order valence-electron chi connectivity index (χ0n) is 14.3. The van der Waals surface area contributed by atoms with Crippen molar-refractivity contribution in [3.8, 4) is 0 Å². The molecule has 0 spiro atoms. The molecule has 2 N–H and O–H groups in total. The number of thioether (sulfide) groups is 1. The predicted octanol–water partition coefficient (Wildman–Crippen LogP) is 3.01. The maximum atomic E-state index is 6.20. The van der Waals surface area contributed by atoms with Gasteiger partial charge < -0.3 is 10.6 Å². The summed E-state index contributed by atoms with van der Waals surface area (Å²) in [6.45, 7) is 5.62. The molecule has 6 heteroatoms. The SMILES string of the molecule is I.NC(=NCC1CCCN1CC1CCCCC1)N1CCSCC1. The number of nitrogens with two attached hydrogens (primary N) is 1. The predicted molar refractivity (Wildman–Crippen MR) is 112 cm³/mol. The normalized spacial score (nSPS) is 27.9. The number of halogens is 1. The topological polar surface area (TPSA) is 44.9 Å². The highest BCUT2D eigenvalue weighted by Crippen LogP contribution is 2.27. The van der Waals surface area contributed by atoms with E-state index in [2.05, 4.69) is 9.80 Å². The average Bonchev–Trinajstić information content (AvgIpc) is 3.01. The van der Waals surface area contributed by atoms with Crippen molar-refractivity contribution in [2.24, 2.45) is 16.6 Å². The summed E-state index contributed by atoms with van der Waals surface area (Å²) in [7, 11) is 0. The van der Waals surface area contributed by atoms with E-state index in [1.807, 2.05) is 11.8 Å². The van der Waals surface area contributed by atoms with Crippen LogP contribution < -0.4 is 5.73 Å². The molecule has 1 saturated carbocycles. The van der Waals surface area contributed by atoms with Crippen LogP contribution in [-0.2, 0) is 0 Å². The second-order valence-corrected chi connectivity index (χ2v) is 8.32. The van der Waals surface area contributed by atoms with Crippen LogP contribution in [0.3, 0.4) is 0 Å². The van der Waals surface area contributed by atoms with Gasteiger partial charge in [-0.05, 0) is 38.1 Å². The Morgan fingerprint density at radius 1 is 1.00 bits per heavy atom. The highest BCUT2D eigenvalue weighted by atomic mass is 127. The Labute approximate surface area is 163 Å². The lowest BCUT2D eigenvalue weighted by molar-refractivity contribution is 0.190. The highest BCUT2D eigenvalue weighted by Gasteiger charge is 2.27. The van der Waals surface area contributed by atoms with Crippen molar-refractivity contribution in [2.75, 3.05) is 44.2 Å². The van der Waals surface area contributed by atoms with Crippen molar-refractivity contribution in [3.63, 3.8) is 0 Å². The van der Waals surface area contributed by atoms with Crippen LogP contribution in [-0.4, -0.2) is 66.0 Å². The molecule has 0 radical (unpaired) electrons. The number of hydrogen-bond acceptors (Lipinski definition) is 3. The molecule has 1 atom stereocenters. The summed E-state index contributed by atoms with van der Waals surface area (Å²) in [6.07, 6.45) is 9.88. The van der Waals surface area contributed by atoms with E-state index < -0.39 is 0 Å². The summed E-state index contributed by atoms with van der Waals surface area (Å²) in [6, 6.07) is 0.639. The van der Waals surface area contributed by atoms with Gasteiger partial charge in [-0.2, -0.15) is 11.8 Å². The average molecular weight is 452 g/mol. The van der Waals surface area contributed by atoms with Gasteiger partial charge in [-0.1, -0.05) is 19.3 Å². The lowest BCUT2D eigenvalue weighted by atomic mass is 9.89. The zero-order chi connectivity index (χ0) is 15.2. The third kappa shape index (κ3) is 5.96. The van der Waals surface area contributed by atoms with Gasteiger partial charge in [0, 0.05) is 37.2 Å². The molecule has 0 bridgehead atoms. The van der Waals surface area contributed by atoms with Gasteiger partial charge in [0.1, 0.15) is 0 Å². The van der Waals surface area contributed by atoms with E-state index in [-0.39, 0.29) is 24.0 Å². The van der Waals surface area contributed by atoms with Crippen molar-refractivity contribution in [3.05, 3.63) is 0 Å². The lowest BCUT2D eigenvalue weighted by Gasteiger charge is -2.31. The Hall–Kier alpha value is 0.310. The molecular weight excluding hydrogens is 419 g/mol. The van der Waals surface area contributed by atoms with Gasteiger partial charge in [-0.3, -0.25) is 9.89 Å². The maximum absolute atomic E-state index is 6.20. The standard InChI is InChI=1S/C17H32N4S.HI/c18-17(20-9-11-22-12-10-20)19-13-16-7-4-8-21(16)14-15-5-2-1-3-6-15;/h15-16H,1-14H2,(H2,18,19);1H. The molecule has 4 nitrogen and oxygen atoms in total. The summed E-state index contributed by atoms with van der Waals surface area (Å²) in [5.74, 6) is 4.10. The van der Waals surface area contributed by atoms with E-state index in [0.29, 0.717) is 6.04 Å². The molecule has 0 aromatic carbocycles. The second-order valence-electron chi connectivity index (χ2n) is 7.09. The van der Waals surface area contributed by atoms with Crippen molar-refractivity contribution in [1.29, 1.82) is 0 Å². The van der Waals surface area contributed by atoms with Crippen molar-refractivity contribution in [2.45, 2.75) is 51.0 Å². The number of aliphatic imine (C=N–C) groups is 1. The first-order valence-corrected chi connectivity index (χ1v) is 10.3. The molecule has 2 saturated heterocycles. The molecule has 23 heavy (non-hydrogen) atoms. The van der Waals surface area contributed by atoms with Gasteiger partial charge >= 0.3 is 0 Å². The van der Waals surface area contributed by atoms with Gasteiger partial charge in [0.15, 0.2) is 5.96 Å². The first kappa shape index (κ1) is 19.6.